The Balaban J connectivity index is 1.69. The summed E-state index contributed by atoms with van der Waals surface area (Å²) in [4.78, 5) is 18.1. The quantitative estimate of drug-likeness (QED) is 0.238. The van der Waals surface area contributed by atoms with Crippen molar-refractivity contribution in [1.29, 1.82) is 0 Å². The van der Waals surface area contributed by atoms with Crippen molar-refractivity contribution >= 4 is 44.0 Å². The zero-order valence-electron chi connectivity index (χ0n) is 17.2. The number of nitrogens with zero attached hydrogens (tertiary/aromatic N) is 3. The van der Waals surface area contributed by atoms with E-state index in [1.807, 2.05) is 48.5 Å². The Morgan fingerprint density at radius 3 is 2.82 bits per heavy atom. The Bertz CT molecular complexity index is 1630. The van der Waals surface area contributed by atoms with Crippen LogP contribution in [0.1, 0.15) is 5.56 Å². The highest BCUT2D eigenvalue weighted by Gasteiger charge is 2.16. The van der Waals surface area contributed by atoms with Crippen LogP contribution in [0.2, 0.25) is 0 Å². The molecule has 0 aliphatic rings. The fraction of sp³-hybridized carbons (Fsp3) is 0.0385. The number of terminal acetylenes is 1. The van der Waals surface area contributed by atoms with E-state index in [-0.39, 0.29) is 12.2 Å². The fourth-order valence-corrected chi connectivity index (χ4v) is 3.85. The van der Waals surface area contributed by atoms with E-state index in [1.165, 1.54) is 4.68 Å². The molecule has 0 spiro atoms. The first kappa shape index (κ1) is 20.7. The SMILES string of the molecule is C#CCOc1ccccc1C=Nn1c(-c2cc3cc(Br)ccc3o2)nc2ccccc2c1=O. The van der Waals surface area contributed by atoms with E-state index >= 15 is 0 Å². The van der Waals surface area contributed by atoms with Gasteiger partial charge in [-0.2, -0.15) is 9.78 Å². The first-order valence-electron chi connectivity index (χ1n) is 10.0. The molecule has 3 aromatic carbocycles. The average molecular weight is 498 g/mol. The highest BCUT2D eigenvalue weighted by atomic mass is 79.9. The van der Waals surface area contributed by atoms with Gasteiger partial charge in [0.05, 0.1) is 17.1 Å². The lowest BCUT2D eigenvalue weighted by Crippen LogP contribution is -2.20. The lowest BCUT2D eigenvalue weighted by molar-refractivity contribution is 0.370. The van der Waals surface area contributed by atoms with Crippen LogP contribution in [0, 0.1) is 12.3 Å². The molecule has 0 aliphatic carbocycles. The highest BCUT2D eigenvalue weighted by Crippen LogP contribution is 2.29. The Kier molecular flexibility index (Phi) is 5.51. The number of furan rings is 1. The van der Waals surface area contributed by atoms with Gasteiger partial charge in [-0.05, 0) is 48.5 Å². The summed E-state index contributed by atoms with van der Waals surface area (Å²) in [7, 11) is 0. The molecule has 7 heteroatoms. The zero-order valence-corrected chi connectivity index (χ0v) is 18.8. The minimum absolute atomic E-state index is 0.127. The number of benzene rings is 3. The molecule has 2 heterocycles. The molecule has 0 radical (unpaired) electrons. The van der Waals surface area contributed by atoms with Gasteiger partial charge in [-0.3, -0.25) is 4.79 Å². The second kappa shape index (κ2) is 8.77. The monoisotopic (exact) mass is 497 g/mol. The van der Waals surface area contributed by atoms with Gasteiger partial charge in [-0.15, -0.1) is 6.42 Å². The molecule has 0 saturated heterocycles. The van der Waals surface area contributed by atoms with E-state index in [0.717, 1.165) is 9.86 Å². The van der Waals surface area contributed by atoms with Crippen molar-refractivity contribution in [2.45, 2.75) is 0 Å². The third kappa shape index (κ3) is 4.04. The summed E-state index contributed by atoms with van der Waals surface area (Å²) in [6.45, 7) is 0.127. The van der Waals surface area contributed by atoms with Crippen molar-refractivity contribution in [2.24, 2.45) is 5.10 Å². The summed E-state index contributed by atoms with van der Waals surface area (Å²) >= 11 is 3.47. The van der Waals surface area contributed by atoms with Gasteiger partial charge in [0, 0.05) is 15.4 Å². The van der Waals surface area contributed by atoms with Gasteiger partial charge in [-0.1, -0.05) is 46.1 Å². The summed E-state index contributed by atoms with van der Waals surface area (Å²) in [5, 5.41) is 5.81. The van der Waals surface area contributed by atoms with Crippen LogP contribution in [0.3, 0.4) is 0 Å². The van der Waals surface area contributed by atoms with Gasteiger partial charge in [-0.25, -0.2) is 4.98 Å². The summed E-state index contributed by atoms with van der Waals surface area (Å²) in [6.07, 6.45) is 6.86. The molecule has 33 heavy (non-hydrogen) atoms. The molecule has 0 aliphatic heterocycles. The fourth-order valence-electron chi connectivity index (χ4n) is 3.47. The molecule has 160 valence electrons. The molecule has 0 N–H and O–H groups in total. The largest absolute Gasteiger partial charge is 0.480 e. The first-order valence-corrected chi connectivity index (χ1v) is 10.8. The molecule has 5 aromatic rings. The number of rotatable bonds is 5. The third-order valence-corrected chi connectivity index (χ3v) is 5.49. The number of hydrogen-bond acceptors (Lipinski definition) is 5. The minimum Gasteiger partial charge on any atom is -0.480 e. The second-order valence-corrected chi connectivity index (χ2v) is 8.05. The number of aromatic nitrogens is 2. The number of fused-ring (bicyclic) bond motifs is 2. The van der Waals surface area contributed by atoms with E-state index in [2.05, 4.69) is 27.0 Å². The Morgan fingerprint density at radius 2 is 1.94 bits per heavy atom. The average Bonchev–Trinajstić information content (AvgIpc) is 3.25. The van der Waals surface area contributed by atoms with Crippen LogP contribution in [-0.4, -0.2) is 22.5 Å². The van der Waals surface area contributed by atoms with Gasteiger partial charge < -0.3 is 9.15 Å². The summed E-state index contributed by atoms with van der Waals surface area (Å²) < 4.78 is 13.8. The van der Waals surface area contributed by atoms with Crippen LogP contribution in [0.25, 0.3) is 33.5 Å². The standard InChI is InChI=1S/C26H16BrN3O3/c1-2-13-32-22-10-6-3-7-17(22)16-28-30-25(29-21-9-5-4-8-20(21)26(30)31)24-15-18-14-19(27)11-12-23(18)33-24/h1,3-12,14-16H,13H2. The summed E-state index contributed by atoms with van der Waals surface area (Å²) in [6, 6.07) is 22.0. The minimum atomic E-state index is -0.310. The molecule has 0 fully saturated rings. The van der Waals surface area contributed by atoms with E-state index in [4.69, 9.17) is 20.6 Å². The van der Waals surface area contributed by atoms with Gasteiger partial charge in [0.25, 0.3) is 5.56 Å². The van der Waals surface area contributed by atoms with Crippen LogP contribution in [0.15, 0.2) is 91.6 Å². The smallest absolute Gasteiger partial charge is 0.282 e. The van der Waals surface area contributed by atoms with Crippen molar-refractivity contribution in [3.63, 3.8) is 0 Å². The number of hydrogen-bond donors (Lipinski definition) is 0. The van der Waals surface area contributed by atoms with Gasteiger partial charge in [0.15, 0.2) is 5.76 Å². The molecular formula is C26H16BrN3O3. The molecule has 0 amide bonds. The Labute approximate surface area is 197 Å². The van der Waals surface area contributed by atoms with Gasteiger partial charge >= 0.3 is 0 Å². The predicted octanol–water partition coefficient (Wildman–Crippen LogP) is 5.47. The van der Waals surface area contributed by atoms with Crippen LogP contribution in [-0.2, 0) is 0 Å². The molecule has 0 atom stereocenters. The second-order valence-electron chi connectivity index (χ2n) is 7.14. The third-order valence-electron chi connectivity index (χ3n) is 4.99. The van der Waals surface area contributed by atoms with Crippen LogP contribution >= 0.6 is 15.9 Å². The number of halogens is 1. The van der Waals surface area contributed by atoms with Gasteiger partial charge in [0.2, 0.25) is 5.82 Å². The van der Waals surface area contributed by atoms with Crippen molar-refractivity contribution < 1.29 is 9.15 Å². The summed E-state index contributed by atoms with van der Waals surface area (Å²) in [5.74, 6) is 3.74. The summed E-state index contributed by atoms with van der Waals surface area (Å²) in [5.41, 5.74) is 1.60. The molecule has 5 rings (SSSR count). The van der Waals surface area contributed by atoms with Crippen molar-refractivity contribution in [3.8, 4) is 29.7 Å². The number of para-hydroxylation sites is 2. The molecule has 6 nitrogen and oxygen atoms in total. The van der Waals surface area contributed by atoms with Crippen LogP contribution in [0.4, 0.5) is 0 Å². The van der Waals surface area contributed by atoms with Crippen molar-refractivity contribution in [3.05, 3.63) is 93.2 Å². The Hall–Kier alpha value is -4.15. The Morgan fingerprint density at radius 1 is 1.12 bits per heavy atom. The lowest BCUT2D eigenvalue weighted by Gasteiger charge is -2.08. The van der Waals surface area contributed by atoms with E-state index in [1.54, 1.807) is 30.5 Å². The highest BCUT2D eigenvalue weighted by molar-refractivity contribution is 9.10. The van der Waals surface area contributed by atoms with E-state index in [9.17, 15) is 4.79 Å². The predicted molar refractivity (Wildman–Crippen MR) is 133 cm³/mol. The van der Waals surface area contributed by atoms with Crippen molar-refractivity contribution in [1.82, 2.24) is 9.66 Å². The normalized spacial score (nSPS) is 11.3. The van der Waals surface area contributed by atoms with Crippen LogP contribution in [0.5, 0.6) is 5.75 Å². The maximum absolute atomic E-state index is 13.4. The zero-order chi connectivity index (χ0) is 22.8. The lowest BCUT2D eigenvalue weighted by atomic mass is 10.2. The maximum atomic E-state index is 13.4. The first-order chi connectivity index (χ1) is 16.1. The molecular weight excluding hydrogens is 482 g/mol. The molecule has 2 aromatic heterocycles. The van der Waals surface area contributed by atoms with Crippen LogP contribution < -0.4 is 10.3 Å². The molecule has 0 saturated carbocycles. The molecule has 0 bridgehead atoms. The van der Waals surface area contributed by atoms with E-state index < -0.39 is 0 Å². The van der Waals surface area contributed by atoms with Crippen molar-refractivity contribution in [2.75, 3.05) is 6.61 Å². The maximum Gasteiger partial charge on any atom is 0.282 e. The topological polar surface area (TPSA) is 69.6 Å². The number of ether oxygens (including phenoxy) is 1. The van der Waals surface area contributed by atoms with E-state index in [0.29, 0.717) is 39.4 Å². The van der Waals surface area contributed by atoms with Gasteiger partial charge in [0.1, 0.15) is 17.9 Å². The molecule has 0 unspecified atom stereocenters.